The summed E-state index contributed by atoms with van der Waals surface area (Å²) in [5, 5.41) is 0. The number of sulfone groups is 1. The lowest BCUT2D eigenvalue weighted by molar-refractivity contribution is -0.0439. The first-order valence-electron chi connectivity index (χ1n) is 4.11. The molecule has 0 bridgehead atoms. The Bertz CT molecular complexity index is 509. The van der Waals surface area contributed by atoms with Crippen LogP contribution < -0.4 is 0 Å². The minimum absolute atomic E-state index is 0.446. The van der Waals surface area contributed by atoms with Gasteiger partial charge in [0, 0.05) is 0 Å². The van der Waals surface area contributed by atoms with Crippen molar-refractivity contribution in [2.75, 3.05) is 0 Å². The maximum Gasteiger partial charge on any atom is 0.498 e. The molecule has 1 aromatic rings. The third-order valence-corrected chi connectivity index (χ3v) is 5.19. The zero-order valence-electron chi connectivity index (χ0n) is 8.05. The van der Waals surface area contributed by atoms with Gasteiger partial charge in [0.1, 0.15) is 0 Å². The molecule has 0 saturated heterocycles. The van der Waals surface area contributed by atoms with Crippen LogP contribution in [0.2, 0.25) is 0 Å². The molecule has 0 spiro atoms. The van der Waals surface area contributed by atoms with Crippen LogP contribution in [-0.4, -0.2) is 22.7 Å². The first-order valence-corrected chi connectivity index (χ1v) is 6.79. The summed E-state index contributed by atoms with van der Waals surface area (Å²) < 4.78 is 77.7. The standard InChI is InChI=1S/C8H7F3O4S2/c9-8(10,11)17(14,15)7(16(12)13)6-4-2-1-3-5-6/h1-5,7H,(H,12,13)/p-1. The van der Waals surface area contributed by atoms with Gasteiger partial charge in [-0.05, 0) is 16.6 Å². The van der Waals surface area contributed by atoms with E-state index in [1.807, 2.05) is 0 Å². The number of benzene rings is 1. The Balaban J connectivity index is 3.36. The van der Waals surface area contributed by atoms with E-state index in [0.717, 1.165) is 12.1 Å². The van der Waals surface area contributed by atoms with Crippen LogP contribution in [0.25, 0.3) is 0 Å². The van der Waals surface area contributed by atoms with E-state index in [9.17, 15) is 30.4 Å². The number of rotatable bonds is 3. The fourth-order valence-corrected chi connectivity index (χ4v) is 3.42. The topological polar surface area (TPSA) is 74.3 Å². The molecule has 0 aliphatic heterocycles. The van der Waals surface area contributed by atoms with Crippen LogP contribution in [0.15, 0.2) is 30.3 Å². The minimum Gasteiger partial charge on any atom is -0.771 e. The fraction of sp³-hybridized carbons (Fsp3) is 0.250. The first-order chi connectivity index (χ1) is 7.68. The van der Waals surface area contributed by atoms with Gasteiger partial charge >= 0.3 is 5.51 Å². The summed E-state index contributed by atoms with van der Waals surface area (Å²) >= 11 is -3.43. The molecule has 0 aliphatic rings. The van der Waals surface area contributed by atoms with E-state index in [1.54, 1.807) is 0 Å². The Hall–Kier alpha value is -0.930. The molecule has 0 fully saturated rings. The summed E-state index contributed by atoms with van der Waals surface area (Å²) in [6, 6.07) is 5.93. The molecule has 0 aliphatic carbocycles. The van der Waals surface area contributed by atoms with Gasteiger partial charge in [0.25, 0.3) is 9.84 Å². The van der Waals surface area contributed by atoms with Crippen molar-refractivity contribution < 1.29 is 30.4 Å². The summed E-state index contributed by atoms with van der Waals surface area (Å²) in [6.07, 6.45) is 0. The van der Waals surface area contributed by atoms with E-state index >= 15 is 0 Å². The first kappa shape index (κ1) is 14.1. The van der Waals surface area contributed by atoms with Crippen LogP contribution in [0.1, 0.15) is 10.1 Å². The lowest BCUT2D eigenvalue weighted by Gasteiger charge is -2.21. The van der Waals surface area contributed by atoms with E-state index in [0.29, 0.717) is 0 Å². The monoisotopic (exact) mass is 287 g/mol. The molecule has 0 saturated carbocycles. The second-order valence-corrected chi connectivity index (χ2v) is 6.31. The molecule has 17 heavy (non-hydrogen) atoms. The van der Waals surface area contributed by atoms with Crippen LogP contribution in [-0.2, 0) is 20.9 Å². The Labute approximate surface area is 97.7 Å². The van der Waals surface area contributed by atoms with Gasteiger partial charge in [0.15, 0.2) is 4.58 Å². The summed E-state index contributed by atoms with van der Waals surface area (Å²) in [5.41, 5.74) is -6.06. The maximum atomic E-state index is 12.3. The lowest BCUT2D eigenvalue weighted by atomic mass is 10.2. The van der Waals surface area contributed by atoms with Gasteiger partial charge in [0.05, 0.1) is 0 Å². The second kappa shape index (κ2) is 4.75. The summed E-state index contributed by atoms with van der Waals surface area (Å²) in [4.78, 5) is 0. The summed E-state index contributed by atoms with van der Waals surface area (Å²) in [5.74, 6) is 0. The van der Waals surface area contributed by atoms with Crippen LogP contribution in [0.4, 0.5) is 13.2 Å². The summed E-state index contributed by atoms with van der Waals surface area (Å²) in [7, 11) is -5.80. The molecule has 0 N–H and O–H groups in total. The summed E-state index contributed by atoms with van der Waals surface area (Å²) in [6.45, 7) is 0. The molecule has 1 rings (SSSR count). The molecule has 2 unspecified atom stereocenters. The second-order valence-electron chi connectivity index (χ2n) is 2.99. The van der Waals surface area contributed by atoms with Crippen LogP contribution in [0.3, 0.4) is 0 Å². The zero-order valence-corrected chi connectivity index (χ0v) is 9.68. The van der Waals surface area contributed by atoms with Crippen molar-refractivity contribution in [3.8, 4) is 0 Å². The zero-order chi connectivity index (χ0) is 13.3. The lowest BCUT2D eigenvalue weighted by Crippen LogP contribution is -2.31. The minimum atomic E-state index is -5.80. The van der Waals surface area contributed by atoms with Crippen LogP contribution in [0.5, 0.6) is 0 Å². The van der Waals surface area contributed by atoms with Crippen molar-refractivity contribution in [1.29, 1.82) is 0 Å². The van der Waals surface area contributed by atoms with Gasteiger partial charge in [-0.1, -0.05) is 30.3 Å². The van der Waals surface area contributed by atoms with E-state index in [4.69, 9.17) is 0 Å². The predicted molar refractivity (Wildman–Crippen MR) is 53.1 cm³/mol. The van der Waals surface area contributed by atoms with E-state index in [-0.39, 0.29) is 0 Å². The Morgan fingerprint density at radius 1 is 1.18 bits per heavy atom. The van der Waals surface area contributed by atoms with Crippen molar-refractivity contribution in [3.05, 3.63) is 35.9 Å². The van der Waals surface area contributed by atoms with Gasteiger partial charge in [-0.2, -0.15) is 13.2 Å². The van der Waals surface area contributed by atoms with Crippen molar-refractivity contribution >= 4 is 20.9 Å². The molecule has 0 amide bonds. The Kier molecular flexibility index (Phi) is 3.95. The molecule has 0 aromatic heterocycles. The third kappa shape index (κ3) is 2.85. The maximum absolute atomic E-state index is 12.3. The predicted octanol–water partition coefficient (Wildman–Crippen LogP) is 1.50. The molecular formula is C8H6F3O4S2-. The number of hydrogen-bond acceptors (Lipinski definition) is 4. The molecule has 2 atom stereocenters. The Morgan fingerprint density at radius 3 is 2.00 bits per heavy atom. The van der Waals surface area contributed by atoms with Crippen molar-refractivity contribution in [2.45, 2.75) is 10.1 Å². The molecule has 96 valence electrons. The molecular weight excluding hydrogens is 281 g/mol. The van der Waals surface area contributed by atoms with Crippen molar-refractivity contribution in [1.82, 2.24) is 0 Å². The number of alkyl halides is 3. The smallest absolute Gasteiger partial charge is 0.498 e. The van der Waals surface area contributed by atoms with E-state index < -0.39 is 36.6 Å². The highest BCUT2D eigenvalue weighted by Gasteiger charge is 2.51. The molecule has 1 aromatic carbocycles. The SMILES string of the molecule is O=S([O-])C(c1ccccc1)S(=O)(=O)C(F)(F)F. The van der Waals surface area contributed by atoms with Gasteiger partial charge in [0.2, 0.25) is 0 Å². The van der Waals surface area contributed by atoms with E-state index in [2.05, 4.69) is 0 Å². The molecule has 0 radical (unpaired) electrons. The quantitative estimate of drug-likeness (QED) is 0.790. The van der Waals surface area contributed by atoms with Crippen LogP contribution in [0, 0.1) is 0 Å². The van der Waals surface area contributed by atoms with E-state index in [1.165, 1.54) is 18.2 Å². The largest absolute Gasteiger partial charge is 0.771 e. The average Bonchev–Trinajstić information content (AvgIpc) is 2.16. The van der Waals surface area contributed by atoms with Gasteiger partial charge in [-0.25, -0.2) is 8.42 Å². The number of halogens is 3. The molecule has 4 nitrogen and oxygen atoms in total. The molecule has 9 heteroatoms. The highest BCUT2D eigenvalue weighted by atomic mass is 32.3. The van der Waals surface area contributed by atoms with Gasteiger partial charge < -0.3 is 4.55 Å². The normalized spacial score (nSPS) is 16.5. The molecule has 0 heterocycles. The van der Waals surface area contributed by atoms with Crippen molar-refractivity contribution in [3.63, 3.8) is 0 Å². The number of hydrogen-bond donors (Lipinski definition) is 0. The van der Waals surface area contributed by atoms with Crippen LogP contribution >= 0.6 is 0 Å². The van der Waals surface area contributed by atoms with Crippen molar-refractivity contribution in [2.24, 2.45) is 0 Å². The van der Waals surface area contributed by atoms with Gasteiger partial charge in [-0.3, -0.25) is 4.21 Å². The highest BCUT2D eigenvalue weighted by molar-refractivity contribution is 8.04. The Morgan fingerprint density at radius 2 is 1.65 bits per heavy atom. The van der Waals surface area contributed by atoms with Gasteiger partial charge in [-0.15, -0.1) is 0 Å². The fourth-order valence-electron chi connectivity index (χ4n) is 1.13. The highest BCUT2D eigenvalue weighted by Crippen LogP contribution is 2.36. The third-order valence-electron chi connectivity index (χ3n) is 1.85. The average molecular weight is 287 g/mol.